The zero-order valence-electron chi connectivity index (χ0n) is 36.0. The van der Waals surface area contributed by atoms with E-state index in [4.69, 9.17) is 12.3 Å². The van der Waals surface area contributed by atoms with Crippen LogP contribution in [0.3, 0.4) is 0 Å². The van der Waals surface area contributed by atoms with E-state index in [1.165, 1.54) is 64.2 Å². The molecule has 0 aliphatic heterocycles. The zero-order chi connectivity index (χ0) is 39.9. The van der Waals surface area contributed by atoms with Gasteiger partial charge in [-0.3, -0.25) is 0 Å². The Labute approximate surface area is 332 Å². The van der Waals surface area contributed by atoms with Gasteiger partial charge in [0.2, 0.25) is 0 Å². The van der Waals surface area contributed by atoms with E-state index in [9.17, 15) is 19.2 Å². The zero-order valence-corrected chi connectivity index (χ0v) is 38.8. The molecule has 0 aromatic rings. The Morgan fingerprint density at radius 1 is 0.340 bits per heavy atom. The summed E-state index contributed by atoms with van der Waals surface area (Å²) in [4.78, 5) is 53.1. The van der Waals surface area contributed by atoms with Crippen molar-refractivity contribution in [3.05, 3.63) is 0 Å². The fourth-order valence-electron chi connectivity index (χ4n) is 6.25. The first-order valence-corrected chi connectivity index (χ1v) is 26.6. The third-order valence-corrected chi connectivity index (χ3v) is 15.0. The van der Waals surface area contributed by atoms with Gasteiger partial charge >= 0.3 is 320 Å². The molecule has 0 unspecified atom stereocenters. The third kappa shape index (κ3) is 34.9. The summed E-state index contributed by atoms with van der Waals surface area (Å²) in [6.45, 7) is 17.6. The van der Waals surface area contributed by atoms with Gasteiger partial charge in [0, 0.05) is 0 Å². The quantitative estimate of drug-likeness (QED) is 0.0465. The van der Waals surface area contributed by atoms with E-state index >= 15 is 0 Å². The summed E-state index contributed by atoms with van der Waals surface area (Å²) in [6, 6.07) is 0. The second-order valence-corrected chi connectivity index (χ2v) is 23.0. The molecule has 0 spiro atoms. The Hall–Kier alpha value is -1.32. The summed E-state index contributed by atoms with van der Waals surface area (Å²) in [5.74, 6) is -2.59. The minimum atomic E-state index is -5.84. The molecule has 0 aromatic carbocycles. The van der Waals surface area contributed by atoms with Crippen LogP contribution >= 0.6 is 0 Å². The predicted molar refractivity (Wildman–Crippen MR) is 219 cm³/mol. The van der Waals surface area contributed by atoms with Crippen LogP contribution in [-0.2, 0) is 31.5 Å². The van der Waals surface area contributed by atoms with Crippen LogP contribution in [0.5, 0.6) is 0 Å². The van der Waals surface area contributed by atoms with Crippen molar-refractivity contribution >= 4 is 43.9 Å². The summed E-state index contributed by atoms with van der Waals surface area (Å²) < 4.78 is 23.2. The Morgan fingerprint density at radius 2 is 0.547 bits per heavy atom. The van der Waals surface area contributed by atoms with E-state index in [1.807, 2.05) is 0 Å². The van der Waals surface area contributed by atoms with E-state index in [0.29, 0.717) is 25.7 Å². The first-order valence-electron chi connectivity index (χ1n) is 22.0. The molecule has 0 bridgehead atoms. The second-order valence-electron chi connectivity index (χ2n) is 17.8. The molecule has 8 nitrogen and oxygen atoms in total. The van der Waals surface area contributed by atoms with Crippen molar-refractivity contribution in [3.8, 4) is 0 Å². The molecule has 0 fully saturated rings. The van der Waals surface area contributed by atoms with Gasteiger partial charge in [-0.1, -0.05) is 13.8 Å². The molecule has 0 saturated carbocycles. The van der Waals surface area contributed by atoms with Crippen LogP contribution in [-0.4, -0.2) is 43.9 Å². The normalized spacial score (nSPS) is 12.1. The van der Waals surface area contributed by atoms with Gasteiger partial charge in [-0.15, -0.1) is 0 Å². The van der Waals surface area contributed by atoms with Gasteiger partial charge < -0.3 is 0 Å². The fourth-order valence-corrected chi connectivity index (χ4v) is 11.3. The van der Waals surface area contributed by atoms with Crippen molar-refractivity contribution in [2.45, 2.75) is 248 Å². The van der Waals surface area contributed by atoms with Crippen molar-refractivity contribution in [1.82, 2.24) is 0 Å². The van der Waals surface area contributed by atoms with Crippen molar-refractivity contribution < 1.29 is 31.5 Å². The molecule has 53 heavy (non-hydrogen) atoms. The Balaban J connectivity index is 5.62. The van der Waals surface area contributed by atoms with Gasteiger partial charge in [0.15, 0.2) is 0 Å². The maximum absolute atomic E-state index is 13.3. The number of hydrogen-bond acceptors (Lipinski definition) is 8. The summed E-state index contributed by atoms with van der Waals surface area (Å²) in [5.41, 5.74) is 0.414. The molecule has 9 heteroatoms. The molecule has 0 amide bonds. The first-order chi connectivity index (χ1) is 25.1. The molecular formula is C44H84O8Sn. The molecule has 0 atom stereocenters. The Morgan fingerprint density at radius 3 is 0.774 bits per heavy atom. The van der Waals surface area contributed by atoms with Crippen LogP contribution < -0.4 is 0 Å². The van der Waals surface area contributed by atoms with Crippen LogP contribution in [0.2, 0.25) is 0 Å². The SMILES string of the molecule is CCCCCCCCCCCC(=O)[O][Sn]([O]C(=O)CCCCCCCCCCC)([O]C(=O)CCCCCC(C)(C)C)[O]C(=O)CCCCCC(C)(C)C. The summed E-state index contributed by atoms with van der Waals surface area (Å²) >= 11 is -5.84. The van der Waals surface area contributed by atoms with Gasteiger partial charge in [0.25, 0.3) is 0 Å². The summed E-state index contributed by atoms with van der Waals surface area (Å²) in [5, 5.41) is 0. The minimum absolute atomic E-state index is 0.0682. The first kappa shape index (κ1) is 51.7. The number of carbonyl (C=O) groups is 4. The number of unbranched alkanes of at least 4 members (excludes halogenated alkanes) is 20. The van der Waals surface area contributed by atoms with E-state index in [-0.39, 0.29) is 36.5 Å². The molecule has 0 N–H and O–H groups in total. The average molecular weight is 860 g/mol. The van der Waals surface area contributed by atoms with Gasteiger partial charge in [-0.25, -0.2) is 0 Å². The topological polar surface area (TPSA) is 105 Å². The van der Waals surface area contributed by atoms with Crippen LogP contribution in [0, 0.1) is 10.8 Å². The van der Waals surface area contributed by atoms with Crippen LogP contribution in [0.15, 0.2) is 0 Å². The predicted octanol–water partition coefficient (Wildman–Crippen LogP) is 13.4. The molecule has 0 aliphatic carbocycles. The number of carbonyl (C=O) groups excluding carboxylic acids is 4. The van der Waals surface area contributed by atoms with Crippen molar-refractivity contribution in [2.75, 3.05) is 0 Å². The van der Waals surface area contributed by atoms with Gasteiger partial charge in [-0.05, 0) is 0 Å². The van der Waals surface area contributed by atoms with E-state index in [0.717, 1.165) is 77.0 Å². The second kappa shape index (κ2) is 31.8. The van der Waals surface area contributed by atoms with Gasteiger partial charge in [-0.2, -0.15) is 0 Å². The van der Waals surface area contributed by atoms with E-state index in [2.05, 4.69) is 55.4 Å². The van der Waals surface area contributed by atoms with Gasteiger partial charge in [0.05, 0.1) is 0 Å². The van der Waals surface area contributed by atoms with Crippen LogP contribution in [0.1, 0.15) is 248 Å². The molecule has 0 aromatic heterocycles. The number of hydrogen-bond donors (Lipinski definition) is 0. The van der Waals surface area contributed by atoms with E-state index in [1.54, 1.807) is 0 Å². The van der Waals surface area contributed by atoms with Crippen LogP contribution in [0.25, 0.3) is 0 Å². The third-order valence-electron chi connectivity index (χ3n) is 9.54. The van der Waals surface area contributed by atoms with E-state index < -0.39 is 43.9 Å². The summed E-state index contributed by atoms with van der Waals surface area (Å²) in [7, 11) is 0. The Bertz CT molecular complexity index is 876. The molecule has 0 rings (SSSR count). The molecule has 0 saturated heterocycles. The number of rotatable bonds is 34. The Kier molecular flexibility index (Phi) is 31.0. The average Bonchev–Trinajstić information content (AvgIpc) is 3.05. The standard InChI is InChI=1S/2C12H24O2.2C10H20O2.Sn/c2*1-2-3-4-5-6-7-8-9-10-11-12(13)14;2*1-10(2,3)8-6-4-5-7-9(11)12;/h2*2-11H2,1H3,(H,13,14);2*4-8H2,1-3H3,(H,11,12);/q;;;;+4/p-4. The fraction of sp³-hybridized carbons (Fsp3) is 0.909. The molecule has 0 radical (unpaired) electrons. The molecule has 0 heterocycles. The maximum atomic E-state index is 13.3. The van der Waals surface area contributed by atoms with Gasteiger partial charge in [0.1, 0.15) is 0 Å². The summed E-state index contributed by atoms with van der Waals surface area (Å²) in [6.07, 6.45) is 26.7. The van der Waals surface area contributed by atoms with Crippen molar-refractivity contribution in [1.29, 1.82) is 0 Å². The molecular weight excluding hydrogens is 775 g/mol. The monoisotopic (exact) mass is 861 g/mol. The van der Waals surface area contributed by atoms with Crippen LogP contribution in [0.4, 0.5) is 0 Å². The molecule has 312 valence electrons. The molecule has 0 aliphatic rings. The van der Waals surface area contributed by atoms with Crippen molar-refractivity contribution in [2.24, 2.45) is 10.8 Å². The van der Waals surface area contributed by atoms with Crippen molar-refractivity contribution in [3.63, 3.8) is 0 Å².